The number of anilines is 1. The third-order valence-corrected chi connectivity index (χ3v) is 4.11. The van der Waals surface area contributed by atoms with Crippen molar-refractivity contribution in [3.8, 4) is 0 Å². The van der Waals surface area contributed by atoms with E-state index in [1.807, 2.05) is 65.6 Å². The first-order valence-corrected chi connectivity index (χ1v) is 8.08. The first-order chi connectivity index (χ1) is 11.8. The van der Waals surface area contributed by atoms with E-state index in [1.54, 1.807) is 7.11 Å². The van der Waals surface area contributed by atoms with E-state index in [2.05, 4.69) is 5.32 Å². The van der Waals surface area contributed by atoms with Crippen molar-refractivity contribution in [1.82, 2.24) is 4.90 Å². The van der Waals surface area contributed by atoms with Crippen molar-refractivity contribution in [3.05, 3.63) is 66.2 Å². The van der Waals surface area contributed by atoms with Crippen LogP contribution in [0.2, 0.25) is 0 Å². The number of carbonyl (C=O) groups is 1. The molecule has 2 aromatic carbocycles. The second-order valence-corrected chi connectivity index (χ2v) is 5.71. The molecule has 0 aromatic heterocycles. The minimum atomic E-state index is -0.187. The van der Waals surface area contributed by atoms with E-state index in [9.17, 15) is 4.79 Å². The number of para-hydroxylation sites is 1. The Morgan fingerprint density at radius 2 is 1.83 bits per heavy atom. The van der Waals surface area contributed by atoms with E-state index in [-0.39, 0.29) is 18.2 Å². The number of amides is 2. The van der Waals surface area contributed by atoms with E-state index >= 15 is 0 Å². The minimum Gasteiger partial charge on any atom is -0.382 e. The number of nitrogens with zero attached hydrogens (tertiary/aromatic N) is 1. The molecular formula is C19H22N2O3. The lowest BCUT2D eigenvalue weighted by molar-refractivity contribution is -0.0834. The molecule has 2 aromatic rings. The van der Waals surface area contributed by atoms with Crippen molar-refractivity contribution in [3.63, 3.8) is 0 Å². The number of morpholine rings is 1. The number of hydrogen-bond acceptors (Lipinski definition) is 3. The quantitative estimate of drug-likeness (QED) is 0.938. The number of carbonyl (C=O) groups excluding carboxylic acids is 1. The Balaban J connectivity index is 1.84. The lowest BCUT2D eigenvalue weighted by Crippen LogP contribution is -2.51. The molecule has 0 radical (unpaired) electrons. The van der Waals surface area contributed by atoms with E-state index in [4.69, 9.17) is 9.47 Å². The van der Waals surface area contributed by atoms with Gasteiger partial charge in [0.15, 0.2) is 0 Å². The van der Waals surface area contributed by atoms with Gasteiger partial charge in [-0.2, -0.15) is 0 Å². The third kappa shape index (κ3) is 3.75. The monoisotopic (exact) mass is 326 g/mol. The summed E-state index contributed by atoms with van der Waals surface area (Å²) in [7, 11) is 1.65. The number of ether oxygens (including phenoxy) is 2. The summed E-state index contributed by atoms with van der Waals surface area (Å²) < 4.78 is 11.2. The molecular weight excluding hydrogens is 304 g/mol. The highest BCUT2D eigenvalue weighted by Gasteiger charge is 2.36. The maximum absolute atomic E-state index is 12.8. The third-order valence-electron chi connectivity index (χ3n) is 4.11. The van der Waals surface area contributed by atoms with E-state index in [1.165, 1.54) is 0 Å². The van der Waals surface area contributed by atoms with E-state index < -0.39 is 0 Å². The topological polar surface area (TPSA) is 50.8 Å². The van der Waals surface area contributed by atoms with Crippen molar-refractivity contribution in [2.75, 3.05) is 32.2 Å². The fraction of sp³-hybridized carbons (Fsp3) is 0.316. The van der Waals surface area contributed by atoms with Crippen LogP contribution in [0.15, 0.2) is 60.7 Å². The number of rotatable bonds is 4. The van der Waals surface area contributed by atoms with Crippen LogP contribution >= 0.6 is 0 Å². The molecule has 0 bridgehead atoms. The summed E-state index contributed by atoms with van der Waals surface area (Å²) in [5.41, 5.74) is 1.83. The summed E-state index contributed by atoms with van der Waals surface area (Å²) >= 11 is 0. The van der Waals surface area contributed by atoms with E-state index in [0.29, 0.717) is 19.8 Å². The molecule has 2 amide bonds. The molecule has 1 fully saturated rings. The highest BCUT2D eigenvalue weighted by atomic mass is 16.5. The van der Waals surface area contributed by atoms with Gasteiger partial charge in [0.1, 0.15) is 6.10 Å². The van der Waals surface area contributed by atoms with Crippen LogP contribution < -0.4 is 5.32 Å². The van der Waals surface area contributed by atoms with Crippen LogP contribution in [0, 0.1) is 0 Å². The van der Waals surface area contributed by atoms with Gasteiger partial charge in [-0.3, -0.25) is 0 Å². The zero-order valence-electron chi connectivity index (χ0n) is 13.7. The molecule has 1 saturated heterocycles. The van der Waals surface area contributed by atoms with Crippen LogP contribution in [0.3, 0.4) is 0 Å². The average molecular weight is 326 g/mol. The Morgan fingerprint density at radius 1 is 1.17 bits per heavy atom. The van der Waals surface area contributed by atoms with Gasteiger partial charge in [-0.1, -0.05) is 48.5 Å². The van der Waals surface area contributed by atoms with E-state index in [0.717, 1.165) is 11.3 Å². The zero-order valence-corrected chi connectivity index (χ0v) is 13.7. The second-order valence-electron chi connectivity index (χ2n) is 5.71. The molecule has 0 spiro atoms. The Bertz CT molecular complexity index is 646. The summed E-state index contributed by atoms with van der Waals surface area (Å²) in [6.45, 7) is 1.48. The van der Waals surface area contributed by atoms with Crippen LogP contribution in [0.5, 0.6) is 0 Å². The highest BCUT2D eigenvalue weighted by molar-refractivity contribution is 5.89. The maximum atomic E-state index is 12.8. The van der Waals surface area contributed by atoms with Gasteiger partial charge in [0.2, 0.25) is 0 Å². The molecule has 0 aliphatic carbocycles. The standard InChI is InChI=1S/C19H22N2O3/c1-23-14-17-18(15-8-4-2-5-9-15)21(12-13-24-17)19(22)20-16-10-6-3-7-11-16/h2-11,17-18H,12-14H2,1H3,(H,20,22)/t17-,18-/m0/s1. The van der Waals surface area contributed by atoms with Crippen molar-refractivity contribution in [2.45, 2.75) is 12.1 Å². The first-order valence-electron chi connectivity index (χ1n) is 8.08. The number of nitrogens with one attached hydrogen (secondary N) is 1. The number of urea groups is 1. The van der Waals surface area contributed by atoms with Crippen LogP contribution in [0.4, 0.5) is 10.5 Å². The van der Waals surface area contributed by atoms with Gasteiger partial charge in [0, 0.05) is 19.3 Å². The van der Waals surface area contributed by atoms with Gasteiger partial charge in [0.25, 0.3) is 0 Å². The van der Waals surface area contributed by atoms with Crippen molar-refractivity contribution in [1.29, 1.82) is 0 Å². The van der Waals surface area contributed by atoms with Crippen molar-refractivity contribution in [2.24, 2.45) is 0 Å². The van der Waals surface area contributed by atoms with Crippen LogP contribution in [-0.4, -0.2) is 43.9 Å². The molecule has 2 atom stereocenters. The smallest absolute Gasteiger partial charge is 0.322 e. The molecule has 3 rings (SSSR count). The maximum Gasteiger partial charge on any atom is 0.322 e. The fourth-order valence-corrected chi connectivity index (χ4v) is 3.03. The summed E-state index contributed by atoms with van der Waals surface area (Å²) in [5.74, 6) is 0. The lowest BCUT2D eigenvalue weighted by atomic mass is 9.98. The molecule has 126 valence electrons. The molecule has 1 heterocycles. The molecule has 1 N–H and O–H groups in total. The summed E-state index contributed by atoms with van der Waals surface area (Å²) in [6, 6.07) is 19.1. The molecule has 0 saturated carbocycles. The summed E-state index contributed by atoms with van der Waals surface area (Å²) in [5, 5.41) is 2.96. The molecule has 1 aliphatic rings. The predicted octanol–water partition coefficient (Wildman–Crippen LogP) is 3.31. The number of methoxy groups -OCH3 is 1. The van der Waals surface area contributed by atoms with Crippen molar-refractivity contribution < 1.29 is 14.3 Å². The van der Waals surface area contributed by atoms with Crippen LogP contribution in [0.25, 0.3) is 0 Å². The van der Waals surface area contributed by atoms with Crippen molar-refractivity contribution >= 4 is 11.7 Å². The van der Waals surface area contributed by atoms with Gasteiger partial charge >= 0.3 is 6.03 Å². The Kier molecular flexibility index (Phi) is 5.46. The predicted molar refractivity (Wildman–Crippen MR) is 93.0 cm³/mol. The van der Waals surface area contributed by atoms with Gasteiger partial charge in [-0.15, -0.1) is 0 Å². The molecule has 5 nitrogen and oxygen atoms in total. The minimum absolute atomic E-state index is 0.126. The molecule has 24 heavy (non-hydrogen) atoms. The van der Waals surface area contributed by atoms with Gasteiger partial charge in [0.05, 0.1) is 19.3 Å². The molecule has 1 aliphatic heterocycles. The highest BCUT2D eigenvalue weighted by Crippen LogP contribution is 2.30. The first kappa shape index (κ1) is 16.5. The Hall–Kier alpha value is -2.37. The van der Waals surface area contributed by atoms with Crippen LogP contribution in [0.1, 0.15) is 11.6 Å². The summed E-state index contributed by atoms with van der Waals surface area (Å²) in [4.78, 5) is 14.6. The molecule has 0 unspecified atom stereocenters. The van der Waals surface area contributed by atoms with Gasteiger partial charge in [-0.05, 0) is 17.7 Å². The fourth-order valence-electron chi connectivity index (χ4n) is 3.03. The zero-order chi connectivity index (χ0) is 16.8. The normalized spacial score (nSPS) is 20.6. The SMILES string of the molecule is COC[C@@H]1OCCN(C(=O)Nc2ccccc2)[C@H]1c1ccccc1. The number of hydrogen-bond donors (Lipinski definition) is 1. The van der Waals surface area contributed by atoms with Gasteiger partial charge in [-0.25, -0.2) is 4.79 Å². The Morgan fingerprint density at radius 3 is 2.50 bits per heavy atom. The average Bonchev–Trinajstić information content (AvgIpc) is 2.63. The van der Waals surface area contributed by atoms with Crippen LogP contribution in [-0.2, 0) is 9.47 Å². The van der Waals surface area contributed by atoms with Gasteiger partial charge < -0.3 is 19.7 Å². The largest absolute Gasteiger partial charge is 0.382 e. The lowest BCUT2D eigenvalue weighted by Gasteiger charge is -2.41. The Labute approximate surface area is 142 Å². The summed E-state index contributed by atoms with van der Waals surface area (Å²) in [6.07, 6.45) is -0.187. The molecule has 5 heteroatoms. The number of benzene rings is 2. The second kappa shape index (κ2) is 7.95.